The first-order valence-electron chi connectivity index (χ1n) is 8.95. The van der Waals surface area contributed by atoms with Crippen molar-refractivity contribution < 1.29 is 70.5 Å². The molecule has 1 aromatic rings. The van der Waals surface area contributed by atoms with Crippen LogP contribution in [0.4, 0.5) is 25.2 Å². The van der Waals surface area contributed by atoms with E-state index in [9.17, 15) is 30.0 Å². The molecule has 2 atom stereocenters. The number of ether oxygens (including phenoxy) is 2. The van der Waals surface area contributed by atoms with Gasteiger partial charge in [-0.15, -0.1) is 0 Å². The van der Waals surface area contributed by atoms with E-state index in [1.807, 2.05) is 44.4 Å². The monoisotopic (exact) mass is 580 g/mol. The standard InChI is InChI=1S/C19H20O3.3CO.F6P.Mn/c1-18-10-5-11-19(2,17(20)22-4)16(18)9-7-13-6-8-14(21-3)12-15(13)18;3*1-2;1-7(2,3,4,5)6;/h5-12H,1-4H3;;;;;/q+1;;;;-1;. The van der Waals surface area contributed by atoms with Crippen LogP contribution in [0.2, 0.25) is 0 Å². The molecule has 0 amide bonds. The number of carbonyl (C=O) groups excluding carboxylic acids is 1. The van der Waals surface area contributed by atoms with E-state index in [0.717, 1.165) is 22.8 Å². The molecule has 6 nitrogen and oxygen atoms in total. The molecule has 2 unspecified atom stereocenters. The van der Waals surface area contributed by atoms with Crippen molar-refractivity contribution in [2.24, 2.45) is 5.41 Å². The van der Waals surface area contributed by atoms with Gasteiger partial charge in [0.25, 0.3) is 0 Å². The summed E-state index contributed by atoms with van der Waals surface area (Å²) in [5.41, 5.74) is 1.18. The van der Waals surface area contributed by atoms with Crippen molar-refractivity contribution in [3.63, 3.8) is 0 Å². The van der Waals surface area contributed by atoms with Gasteiger partial charge in [-0.2, -0.15) is 0 Å². The molecule has 0 saturated heterocycles. The molecule has 0 spiro atoms. The van der Waals surface area contributed by atoms with Crippen LogP contribution in [0.5, 0.6) is 5.75 Å². The number of hydrogen-bond acceptors (Lipinski definition) is 3. The van der Waals surface area contributed by atoms with Crippen molar-refractivity contribution in [1.82, 2.24) is 0 Å². The zero-order valence-corrected chi connectivity index (χ0v) is 21.2. The predicted molar refractivity (Wildman–Crippen MR) is 110 cm³/mol. The molecular formula is C22H20F6MnO6P. The SMILES string of the molecule is COC(=O)C1(C)[CH][CH][CH]C2(C)c3cc(OC)ccc3[CH][CH][C+]12.F[P-](F)(F)(F)(F)F.[C-]#[O+].[C-]#[O+].[C-]#[O+].[Mn]. The third-order valence-corrected chi connectivity index (χ3v) is 4.84. The smallest absolute Gasteiger partial charge is 0 e. The summed E-state index contributed by atoms with van der Waals surface area (Å²) in [4.78, 5) is 12.4. The number of hydrogen-bond donors (Lipinski definition) is 0. The Kier molecular flexibility index (Phi) is 14.6. The third-order valence-electron chi connectivity index (χ3n) is 4.84. The molecule has 2 aliphatic carbocycles. The topological polar surface area (TPSA) is 95.2 Å². The second kappa shape index (κ2) is 13.6. The van der Waals surface area contributed by atoms with E-state index in [0.29, 0.717) is 0 Å². The van der Waals surface area contributed by atoms with Crippen LogP contribution in [0.3, 0.4) is 0 Å². The van der Waals surface area contributed by atoms with Gasteiger partial charge < -0.3 is 9.47 Å². The maximum absolute atomic E-state index is 12.4. The Morgan fingerprint density at radius 3 is 1.83 bits per heavy atom. The number of rotatable bonds is 2. The molecule has 1 fully saturated rings. The molecule has 0 heterocycles. The van der Waals surface area contributed by atoms with Gasteiger partial charge in [-0.05, 0) is 38.0 Å². The molecule has 198 valence electrons. The zero-order chi connectivity index (χ0) is 28.4. The van der Waals surface area contributed by atoms with E-state index in [2.05, 4.69) is 39.7 Å². The van der Waals surface area contributed by atoms with Gasteiger partial charge in [-0.3, -0.25) is 0 Å². The van der Waals surface area contributed by atoms with E-state index in [1.165, 1.54) is 7.11 Å². The second-order valence-electron chi connectivity index (χ2n) is 7.08. The summed E-state index contributed by atoms with van der Waals surface area (Å²) in [6.45, 7) is 17.5. The van der Waals surface area contributed by atoms with Crippen molar-refractivity contribution in [3.8, 4) is 5.75 Å². The third kappa shape index (κ3) is 11.4. The number of fused-ring (bicyclic) bond motifs is 3. The molecule has 1 saturated carbocycles. The van der Waals surface area contributed by atoms with Gasteiger partial charge in [0, 0.05) is 41.9 Å². The zero-order valence-electron chi connectivity index (χ0n) is 19.2. The molecule has 0 bridgehead atoms. The summed E-state index contributed by atoms with van der Waals surface area (Å²) < 4.78 is 92.1. The molecule has 2 aliphatic rings. The van der Waals surface area contributed by atoms with Gasteiger partial charge in [-0.25, -0.2) is 4.79 Å². The first-order valence-corrected chi connectivity index (χ1v) is 11.0. The number of methoxy groups -OCH3 is 2. The summed E-state index contributed by atoms with van der Waals surface area (Å²) in [6, 6.07) is 6.05. The maximum Gasteiger partial charge on any atom is 0 e. The minimum Gasteiger partial charge on any atom is 0 e. The van der Waals surface area contributed by atoms with E-state index >= 15 is 0 Å². The maximum atomic E-state index is 12.4. The Balaban J connectivity index is -0.000000663. The molecule has 0 aromatic heterocycles. The van der Waals surface area contributed by atoms with Crippen LogP contribution in [0.15, 0.2) is 18.2 Å². The molecule has 6 radical (unpaired) electrons. The van der Waals surface area contributed by atoms with E-state index in [1.54, 1.807) is 7.11 Å². The van der Waals surface area contributed by atoms with Crippen LogP contribution in [-0.2, 0) is 46.0 Å². The number of benzene rings is 1. The second-order valence-corrected chi connectivity index (χ2v) is 9.00. The van der Waals surface area contributed by atoms with Gasteiger partial charge >= 0.3 is 72.9 Å². The van der Waals surface area contributed by atoms with Crippen molar-refractivity contribution in [3.05, 3.63) is 87.3 Å². The summed E-state index contributed by atoms with van der Waals surface area (Å²) in [7, 11) is -7.56. The minimum atomic E-state index is -10.7. The average molecular weight is 580 g/mol. The Bertz CT molecular complexity index is 909. The largest absolute Gasteiger partial charge is 0 e. The number of halogens is 6. The number of esters is 1. The molecular weight excluding hydrogens is 560 g/mol. The first kappa shape index (κ1) is 38.6. The van der Waals surface area contributed by atoms with E-state index in [-0.39, 0.29) is 28.5 Å². The van der Waals surface area contributed by atoms with Crippen LogP contribution in [0.1, 0.15) is 25.0 Å². The van der Waals surface area contributed by atoms with Crippen molar-refractivity contribution in [1.29, 1.82) is 0 Å². The molecule has 14 heteroatoms. The molecule has 0 N–H and O–H groups in total. The van der Waals surface area contributed by atoms with E-state index in [4.69, 9.17) is 23.4 Å². The van der Waals surface area contributed by atoms with Crippen LogP contribution < -0.4 is 4.74 Å². The van der Waals surface area contributed by atoms with Gasteiger partial charge in [0.2, 0.25) is 5.41 Å². The average Bonchev–Trinajstić information content (AvgIpc) is 2.80. The fourth-order valence-corrected chi connectivity index (χ4v) is 3.55. The Morgan fingerprint density at radius 1 is 0.944 bits per heavy atom. The van der Waals surface area contributed by atoms with Crippen LogP contribution in [0, 0.1) is 63.4 Å². The van der Waals surface area contributed by atoms with Crippen LogP contribution in [-0.4, -0.2) is 20.2 Å². The summed E-state index contributed by atoms with van der Waals surface area (Å²) in [5, 5.41) is 0. The summed E-state index contributed by atoms with van der Waals surface area (Å²) in [6.07, 6.45) is 10.1. The van der Waals surface area contributed by atoms with Crippen molar-refractivity contribution in [2.75, 3.05) is 14.2 Å². The van der Waals surface area contributed by atoms with Gasteiger partial charge in [0.15, 0.2) is 6.42 Å². The minimum absolute atomic E-state index is 0. The van der Waals surface area contributed by atoms with Crippen molar-refractivity contribution in [2.45, 2.75) is 19.3 Å². The number of carbonyl (C=O) groups is 1. The molecule has 36 heavy (non-hydrogen) atoms. The molecule has 1 aromatic carbocycles. The predicted octanol–water partition coefficient (Wildman–Crippen LogP) is 6.37. The Labute approximate surface area is 216 Å². The quantitative estimate of drug-likeness (QED) is 0.102. The normalized spacial score (nSPS) is 23.2. The van der Waals surface area contributed by atoms with E-state index < -0.39 is 13.2 Å². The van der Waals surface area contributed by atoms with Crippen molar-refractivity contribution >= 4 is 13.8 Å². The molecule has 0 aliphatic heterocycles. The van der Waals surface area contributed by atoms with Gasteiger partial charge in [-0.1, -0.05) is 6.07 Å². The van der Waals surface area contributed by atoms with Gasteiger partial charge in [0.1, 0.15) is 17.1 Å². The summed E-state index contributed by atoms with van der Waals surface area (Å²) in [5.74, 6) is 1.60. The van der Waals surface area contributed by atoms with Crippen LogP contribution >= 0.6 is 7.81 Å². The first-order chi connectivity index (χ1) is 15.9. The van der Waals surface area contributed by atoms with Gasteiger partial charge in [0.05, 0.1) is 14.2 Å². The Hall–Kier alpha value is -1.89. The van der Waals surface area contributed by atoms with Crippen LogP contribution in [0.25, 0.3) is 0 Å². The fraction of sp³-hybridized carbons (Fsp3) is 0.273. The Morgan fingerprint density at radius 2 is 1.42 bits per heavy atom. The fourth-order valence-electron chi connectivity index (χ4n) is 3.55. The summed E-state index contributed by atoms with van der Waals surface area (Å²) >= 11 is 0. The molecule has 3 rings (SSSR count).